The zero-order chi connectivity index (χ0) is 23.3. The van der Waals surface area contributed by atoms with Gasteiger partial charge in [-0.15, -0.1) is 0 Å². The van der Waals surface area contributed by atoms with E-state index in [0.717, 1.165) is 16.7 Å². The maximum Gasteiger partial charge on any atom is 0.254 e. The summed E-state index contributed by atoms with van der Waals surface area (Å²) in [5.41, 5.74) is 3.74. The standard InChI is InChI=1S/C10H12FNO.C10H8N2O.2C2H6/c1-8-4-3-5-10(11)9(8)6-12(2)7-13;1-12-6-8-4-7(5-11)2-3-9(8)10(12)13;2*1-2/h3-5,7H,6H2,1-2H3;2-4H,6H2,1H3;2*1-2H3. The van der Waals surface area contributed by atoms with E-state index in [4.69, 9.17) is 5.26 Å². The van der Waals surface area contributed by atoms with Crippen LogP contribution in [0.3, 0.4) is 0 Å². The minimum absolute atomic E-state index is 0.0412. The molecule has 0 spiro atoms. The minimum atomic E-state index is -0.256. The third-order valence-corrected chi connectivity index (χ3v) is 4.16. The minimum Gasteiger partial charge on any atom is -0.344 e. The van der Waals surface area contributed by atoms with Crippen molar-refractivity contribution in [2.75, 3.05) is 14.1 Å². The number of carbonyl (C=O) groups is 2. The van der Waals surface area contributed by atoms with Gasteiger partial charge in [0, 0.05) is 38.3 Å². The van der Waals surface area contributed by atoms with Gasteiger partial charge in [-0.1, -0.05) is 39.8 Å². The van der Waals surface area contributed by atoms with Crippen molar-refractivity contribution in [1.82, 2.24) is 9.80 Å². The monoisotopic (exact) mass is 413 g/mol. The van der Waals surface area contributed by atoms with E-state index in [0.29, 0.717) is 30.6 Å². The van der Waals surface area contributed by atoms with Crippen molar-refractivity contribution in [2.45, 2.75) is 47.7 Å². The Morgan fingerprint density at radius 3 is 2.37 bits per heavy atom. The van der Waals surface area contributed by atoms with Gasteiger partial charge in [0.05, 0.1) is 11.6 Å². The van der Waals surface area contributed by atoms with E-state index in [1.165, 1.54) is 11.0 Å². The molecule has 2 aromatic rings. The van der Waals surface area contributed by atoms with Crippen LogP contribution in [0.1, 0.15) is 60.3 Å². The van der Waals surface area contributed by atoms with E-state index >= 15 is 0 Å². The molecular formula is C24H32FN3O2. The van der Waals surface area contributed by atoms with Crippen molar-refractivity contribution in [2.24, 2.45) is 0 Å². The molecule has 2 aromatic carbocycles. The highest BCUT2D eigenvalue weighted by Gasteiger charge is 2.23. The van der Waals surface area contributed by atoms with Gasteiger partial charge in [-0.2, -0.15) is 5.26 Å². The van der Waals surface area contributed by atoms with Crippen LogP contribution in [-0.4, -0.2) is 36.2 Å². The second-order valence-electron chi connectivity index (χ2n) is 6.20. The van der Waals surface area contributed by atoms with Crippen LogP contribution in [-0.2, 0) is 17.9 Å². The number of benzene rings is 2. The molecule has 0 saturated carbocycles. The lowest BCUT2D eigenvalue weighted by molar-refractivity contribution is -0.117. The van der Waals surface area contributed by atoms with Gasteiger partial charge in [0.1, 0.15) is 5.82 Å². The molecule has 1 aliphatic heterocycles. The fourth-order valence-corrected chi connectivity index (χ4v) is 2.69. The van der Waals surface area contributed by atoms with Gasteiger partial charge in [0.15, 0.2) is 0 Å². The number of hydrogen-bond donors (Lipinski definition) is 0. The van der Waals surface area contributed by atoms with E-state index in [2.05, 4.69) is 6.07 Å². The Kier molecular flexibility index (Phi) is 12.4. The van der Waals surface area contributed by atoms with Crippen molar-refractivity contribution in [3.05, 3.63) is 70.0 Å². The van der Waals surface area contributed by atoms with Crippen LogP contribution >= 0.6 is 0 Å². The van der Waals surface area contributed by atoms with Gasteiger partial charge in [-0.3, -0.25) is 9.59 Å². The van der Waals surface area contributed by atoms with E-state index in [1.54, 1.807) is 43.3 Å². The molecule has 5 nitrogen and oxygen atoms in total. The Morgan fingerprint density at radius 2 is 1.83 bits per heavy atom. The topological polar surface area (TPSA) is 64.4 Å². The number of rotatable bonds is 3. The van der Waals surface area contributed by atoms with Gasteiger partial charge >= 0.3 is 0 Å². The van der Waals surface area contributed by atoms with E-state index < -0.39 is 0 Å². The summed E-state index contributed by atoms with van der Waals surface area (Å²) in [5.74, 6) is -0.215. The Labute approximate surface area is 179 Å². The first kappa shape index (κ1) is 26.8. The SMILES string of the molecule is CC.CC.CN1Cc2cc(C#N)ccc2C1=O.Cc1cccc(F)c1CN(C)C=O. The van der Waals surface area contributed by atoms with Crippen molar-refractivity contribution >= 4 is 12.3 Å². The van der Waals surface area contributed by atoms with E-state index in [9.17, 15) is 14.0 Å². The molecule has 0 atom stereocenters. The molecule has 1 aliphatic rings. The van der Waals surface area contributed by atoms with Crippen molar-refractivity contribution in [1.29, 1.82) is 5.26 Å². The lowest BCUT2D eigenvalue weighted by Crippen LogP contribution is -2.17. The molecular weight excluding hydrogens is 381 g/mol. The summed E-state index contributed by atoms with van der Waals surface area (Å²) < 4.78 is 13.2. The number of amides is 2. The number of hydrogen-bond acceptors (Lipinski definition) is 3. The first-order valence-electron chi connectivity index (χ1n) is 10.1. The number of fused-ring (bicyclic) bond motifs is 1. The fourth-order valence-electron chi connectivity index (χ4n) is 2.69. The number of nitriles is 1. The highest BCUT2D eigenvalue weighted by Crippen LogP contribution is 2.22. The van der Waals surface area contributed by atoms with E-state index in [-0.39, 0.29) is 11.7 Å². The largest absolute Gasteiger partial charge is 0.344 e. The molecule has 0 radical (unpaired) electrons. The Hall–Kier alpha value is -3.20. The molecule has 2 amide bonds. The lowest BCUT2D eigenvalue weighted by atomic mass is 10.1. The smallest absolute Gasteiger partial charge is 0.254 e. The van der Waals surface area contributed by atoms with E-state index in [1.807, 2.05) is 40.7 Å². The molecule has 3 rings (SSSR count). The summed E-state index contributed by atoms with van der Waals surface area (Å²) in [6, 6.07) is 12.1. The zero-order valence-electron chi connectivity index (χ0n) is 19.0. The van der Waals surface area contributed by atoms with Crippen LogP contribution in [0.15, 0.2) is 36.4 Å². The van der Waals surface area contributed by atoms with Gasteiger partial charge in [0.2, 0.25) is 6.41 Å². The molecule has 0 aromatic heterocycles. The maximum absolute atomic E-state index is 13.2. The third-order valence-electron chi connectivity index (χ3n) is 4.16. The Bertz CT molecular complexity index is 855. The number of carbonyl (C=O) groups excluding carboxylic acids is 2. The maximum atomic E-state index is 13.2. The van der Waals surface area contributed by atoms with Crippen molar-refractivity contribution < 1.29 is 14.0 Å². The number of nitrogens with zero attached hydrogens (tertiary/aromatic N) is 3. The molecule has 0 unspecified atom stereocenters. The summed E-state index contributed by atoms with van der Waals surface area (Å²) in [6.45, 7) is 10.8. The van der Waals surface area contributed by atoms with Crippen LogP contribution in [0, 0.1) is 24.1 Å². The highest BCUT2D eigenvalue weighted by molar-refractivity contribution is 5.98. The second kappa shape index (κ2) is 13.9. The van der Waals surface area contributed by atoms with Crippen LogP contribution in [0.25, 0.3) is 0 Å². The molecule has 30 heavy (non-hydrogen) atoms. The van der Waals surface area contributed by atoms with Crippen LogP contribution in [0.2, 0.25) is 0 Å². The first-order valence-corrected chi connectivity index (χ1v) is 10.1. The number of aryl methyl sites for hydroxylation is 1. The van der Waals surface area contributed by atoms with Crippen molar-refractivity contribution in [3.63, 3.8) is 0 Å². The summed E-state index contributed by atoms with van der Waals surface area (Å²) in [4.78, 5) is 24.8. The van der Waals surface area contributed by atoms with Gasteiger partial charge in [-0.05, 0) is 42.3 Å². The summed E-state index contributed by atoms with van der Waals surface area (Å²) >= 11 is 0. The summed E-state index contributed by atoms with van der Waals surface area (Å²) in [5, 5.41) is 8.65. The quantitative estimate of drug-likeness (QED) is 0.671. The molecule has 0 fully saturated rings. The van der Waals surface area contributed by atoms with Gasteiger partial charge in [-0.25, -0.2) is 4.39 Å². The second-order valence-corrected chi connectivity index (χ2v) is 6.20. The van der Waals surface area contributed by atoms with Crippen LogP contribution in [0.5, 0.6) is 0 Å². The molecule has 0 bridgehead atoms. The lowest BCUT2D eigenvalue weighted by Gasteiger charge is -2.13. The van der Waals surface area contributed by atoms with Gasteiger partial charge in [0.25, 0.3) is 5.91 Å². The normalized spacial score (nSPS) is 10.8. The van der Waals surface area contributed by atoms with Crippen LogP contribution < -0.4 is 0 Å². The average Bonchev–Trinajstić information content (AvgIpc) is 3.06. The van der Waals surface area contributed by atoms with Crippen molar-refractivity contribution in [3.8, 4) is 6.07 Å². The third kappa shape index (κ3) is 7.32. The predicted octanol–water partition coefficient (Wildman–Crippen LogP) is 4.92. The molecule has 6 heteroatoms. The predicted molar refractivity (Wildman–Crippen MR) is 118 cm³/mol. The molecule has 0 saturated heterocycles. The first-order chi connectivity index (χ1) is 14.4. The summed E-state index contributed by atoms with van der Waals surface area (Å²) in [6.07, 6.45) is 0.686. The van der Waals surface area contributed by atoms with Crippen LogP contribution in [0.4, 0.5) is 4.39 Å². The molecule has 1 heterocycles. The fraction of sp³-hybridized carbons (Fsp3) is 0.375. The molecule has 0 N–H and O–H groups in total. The highest BCUT2D eigenvalue weighted by atomic mass is 19.1. The Morgan fingerprint density at radius 1 is 1.20 bits per heavy atom. The number of halogens is 1. The molecule has 162 valence electrons. The summed E-state index contributed by atoms with van der Waals surface area (Å²) in [7, 11) is 3.38. The van der Waals surface area contributed by atoms with Gasteiger partial charge < -0.3 is 9.80 Å². The zero-order valence-corrected chi connectivity index (χ0v) is 19.0. The average molecular weight is 414 g/mol. The Balaban J connectivity index is 0.000000481. The molecule has 0 aliphatic carbocycles.